The van der Waals surface area contributed by atoms with Crippen molar-refractivity contribution in [2.24, 2.45) is 5.10 Å². The molecule has 1 aliphatic rings. The van der Waals surface area contributed by atoms with E-state index >= 15 is 0 Å². The molecule has 0 unspecified atom stereocenters. The zero-order valence-electron chi connectivity index (χ0n) is 8.64. The number of para-hydroxylation sites is 1. The van der Waals surface area contributed by atoms with Crippen LogP contribution in [0.5, 0.6) is 0 Å². The number of rotatable bonds is 1. The number of nitrogens with zero attached hydrogens (tertiary/aromatic N) is 3. The first-order valence-electron chi connectivity index (χ1n) is 4.85. The van der Waals surface area contributed by atoms with Crippen molar-refractivity contribution in [1.82, 2.24) is 4.90 Å². The van der Waals surface area contributed by atoms with Crippen molar-refractivity contribution in [3.63, 3.8) is 0 Å². The molecule has 0 fully saturated rings. The number of hydrazone groups is 1. The minimum absolute atomic E-state index is 0.984. The van der Waals surface area contributed by atoms with E-state index < -0.39 is 0 Å². The third-order valence-electron chi connectivity index (χ3n) is 2.35. The van der Waals surface area contributed by atoms with E-state index in [9.17, 15) is 0 Å². The molecule has 1 aliphatic heterocycles. The van der Waals surface area contributed by atoms with Crippen LogP contribution >= 0.6 is 0 Å². The fraction of sp³-hybridized carbons (Fsp3) is 0.364. The summed E-state index contributed by atoms with van der Waals surface area (Å²) >= 11 is 0. The molecule has 1 heterocycles. The standard InChI is InChI=1S/C11H15N3/c1-13(2)11-8-9-14(12-11)10-6-4-3-5-7-10/h3-7H,8-9H2,1-2H3. The van der Waals surface area contributed by atoms with Crippen molar-refractivity contribution in [2.45, 2.75) is 6.42 Å². The smallest absolute Gasteiger partial charge is 0.126 e. The molecule has 0 atom stereocenters. The summed E-state index contributed by atoms with van der Waals surface area (Å²) in [7, 11) is 4.07. The summed E-state index contributed by atoms with van der Waals surface area (Å²) in [6.07, 6.45) is 1.03. The molecule has 3 nitrogen and oxygen atoms in total. The highest BCUT2D eigenvalue weighted by molar-refractivity contribution is 5.85. The Morgan fingerprint density at radius 2 is 1.93 bits per heavy atom. The molecule has 0 aromatic heterocycles. The molecule has 3 heteroatoms. The minimum Gasteiger partial charge on any atom is -0.365 e. The second kappa shape index (κ2) is 3.70. The average molecular weight is 189 g/mol. The average Bonchev–Trinajstić information content (AvgIpc) is 2.68. The van der Waals surface area contributed by atoms with E-state index in [1.807, 2.05) is 32.3 Å². The molecule has 0 saturated heterocycles. The summed E-state index contributed by atoms with van der Waals surface area (Å²) < 4.78 is 0. The summed E-state index contributed by atoms with van der Waals surface area (Å²) in [6.45, 7) is 0.984. The molecule has 0 radical (unpaired) electrons. The number of hydrogen-bond donors (Lipinski definition) is 0. The van der Waals surface area contributed by atoms with E-state index in [0.29, 0.717) is 0 Å². The van der Waals surface area contributed by atoms with Gasteiger partial charge < -0.3 is 4.90 Å². The molecule has 0 saturated carbocycles. The predicted molar refractivity (Wildman–Crippen MR) is 59.5 cm³/mol. The van der Waals surface area contributed by atoms with E-state index in [4.69, 9.17) is 0 Å². The van der Waals surface area contributed by atoms with Crippen LogP contribution in [0.15, 0.2) is 35.4 Å². The molecule has 1 aromatic rings. The first-order valence-corrected chi connectivity index (χ1v) is 4.85. The van der Waals surface area contributed by atoms with Gasteiger partial charge >= 0.3 is 0 Å². The maximum absolute atomic E-state index is 4.53. The van der Waals surface area contributed by atoms with E-state index in [1.54, 1.807) is 0 Å². The van der Waals surface area contributed by atoms with Crippen molar-refractivity contribution in [3.8, 4) is 0 Å². The second-order valence-corrected chi connectivity index (χ2v) is 3.62. The summed E-state index contributed by atoms with van der Waals surface area (Å²) in [6, 6.07) is 10.3. The topological polar surface area (TPSA) is 18.8 Å². The molecule has 0 aliphatic carbocycles. The van der Waals surface area contributed by atoms with Gasteiger partial charge in [0.05, 0.1) is 5.69 Å². The number of amidine groups is 1. The summed E-state index contributed by atoms with van der Waals surface area (Å²) in [5.74, 6) is 1.15. The Hall–Kier alpha value is -1.51. The lowest BCUT2D eigenvalue weighted by Crippen LogP contribution is -2.19. The van der Waals surface area contributed by atoms with Gasteiger partial charge in [0.2, 0.25) is 0 Å². The highest BCUT2D eigenvalue weighted by Gasteiger charge is 2.16. The maximum Gasteiger partial charge on any atom is 0.126 e. The lowest BCUT2D eigenvalue weighted by Gasteiger charge is -2.13. The van der Waals surface area contributed by atoms with Gasteiger partial charge in [-0.2, -0.15) is 5.10 Å². The third kappa shape index (κ3) is 1.71. The van der Waals surface area contributed by atoms with Crippen LogP contribution in [0.4, 0.5) is 5.69 Å². The van der Waals surface area contributed by atoms with Crippen LogP contribution in [0.2, 0.25) is 0 Å². The normalized spacial score (nSPS) is 15.6. The lowest BCUT2D eigenvalue weighted by atomic mass is 10.3. The van der Waals surface area contributed by atoms with Gasteiger partial charge in [0.25, 0.3) is 0 Å². The zero-order valence-corrected chi connectivity index (χ0v) is 8.64. The molecule has 0 bridgehead atoms. The molecular formula is C11H15N3. The largest absolute Gasteiger partial charge is 0.365 e. The molecule has 0 amide bonds. The van der Waals surface area contributed by atoms with Crippen molar-refractivity contribution in [2.75, 3.05) is 25.6 Å². The number of hydrogen-bond acceptors (Lipinski definition) is 3. The van der Waals surface area contributed by atoms with Crippen LogP contribution in [0.25, 0.3) is 0 Å². The van der Waals surface area contributed by atoms with E-state index in [1.165, 1.54) is 5.69 Å². The number of anilines is 1. The fourth-order valence-corrected chi connectivity index (χ4v) is 1.55. The van der Waals surface area contributed by atoms with Gasteiger partial charge in [-0.05, 0) is 12.1 Å². The lowest BCUT2D eigenvalue weighted by molar-refractivity contribution is 0.613. The Bertz CT molecular complexity index is 330. The van der Waals surface area contributed by atoms with E-state index in [-0.39, 0.29) is 0 Å². The van der Waals surface area contributed by atoms with Crippen molar-refractivity contribution in [1.29, 1.82) is 0 Å². The van der Waals surface area contributed by atoms with Crippen molar-refractivity contribution in [3.05, 3.63) is 30.3 Å². The first-order chi connectivity index (χ1) is 6.77. The molecule has 0 spiro atoms. The Labute approximate surface area is 84.6 Å². The van der Waals surface area contributed by atoms with E-state index in [2.05, 4.69) is 27.1 Å². The summed E-state index contributed by atoms with van der Waals surface area (Å²) in [5, 5.41) is 6.58. The van der Waals surface area contributed by atoms with Crippen LogP contribution < -0.4 is 5.01 Å². The van der Waals surface area contributed by atoms with Gasteiger partial charge in [-0.1, -0.05) is 18.2 Å². The Morgan fingerprint density at radius 1 is 1.21 bits per heavy atom. The minimum atomic E-state index is 0.984. The fourth-order valence-electron chi connectivity index (χ4n) is 1.55. The van der Waals surface area contributed by atoms with Crippen LogP contribution in [-0.2, 0) is 0 Å². The van der Waals surface area contributed by atoms with Gasteiger partial charge in [-0.15, -0.1) is 0 Å². The summed E-state index contributed by atoms with van der Waals surface area (Å²) in [4.78, 5) is 2.07. The highest BCUT2D eigenvalue weighted by Crippen LogP contribution is 2.18. The monoisotopic (exact) mass is 189 g/mol. The van der Waals surface area contributed by atoms with Gasteiger partial charge in [0.15, 0.2) is 0 Å². The Balaban J connectivity index is 2.16. The molecule has 14 heavy (non-hydrogen) atoms. The third-order valence-corrected chi connectivity index (χ3v) is 2.35. The quantitative estimate of drug-likeness (QED) is 0.670. The van der Waals surface area contributed by atoms with Gasteiger partial charge in [-0.25, -0.2) is 0 Å². The Kier molecular flexibility index (Phi) is 2.39. The van der Waals surface area contributed by atoms with Crippen LogP contribution in [-0.4, -0.2) is 31.4 Å². The van der Waals surface area contributed by atoms with Crippen molar-refractivity contribution >= 4 is 11.5 Å². The molecule has 74 valence electrons. The van der Waals surface area contributed by atoms with Crippen LogP contribution in [0, 0.1) is 0 Å². The number of benzene rings is 1. The zero-order chi connectivity index (χ0) is 9.97. The van der Waals surface area contributed by atoms with E-state index in [0.717, 1.165) is 18.8 Å². The highest BCUT2D eigenvalue weighted by atomic mass is 15.5. The predicted octanol–water partition coefficient (Wildman–Crippen LogP) is 1.77. The summed E-state index contributed by atoms with van der Waals surface area (Å²) in [5.41, 5.74) is 1.17. The Morgan fingerprint density at radius 3 is 2.50 bits per heavy atom. The molecule has 2 rings (SSSR count). The van der Waals surface area contributed by atoms with Gasteiger partial charge in [0, 0.05) is 27.1 Å². The SMILES string of the molecule is CN(C)C1=NN(c2ccccc2)CC1. The van der Waals surface area contributed by atoms with Crippen LogP contribution in [0.3, 0.4) is 0 Å². The van der Waals surface area contributed by atoms with Gasteiger partial charge in [-0.3, -0.25) is 5.01 Å². The molecular weight excluding hydrogens is 174 g/mol. The molecule has 1 aromatic carbocycles. The maximum atomic E-state index is 4.53. The van der Waals surface area contributed by atoms with Crippen LogP contribution in [0.1, 0.15) is 6.42 Å². The molecule has 0 N–H and O–H groups in total. The first kappa shape index (κ1) is 9.06. The second-order valence-electron chi connectivity index (χ2n) is 3.62. The van der Waals surface area contributed by atoms with Gasteiger partial charge in [0.1, 0.15) is 5.84 Å². The van der Waals surface area contributed by atoms with Crippen molar-refractivity contribution < 1.29 is 0 Å².